The molecule has 0 heterocycles. The number of Topliss-reactive ketones (excluding diaryl/α,β-unsaturated/α-hetero) is 1. The van der Waals surface area contributed by atoms with Crippen LogP contribution in [0, 0.1) is 21.4 Å². The van der Waals surface area contributed by atoms with Crippen LogP contribution in [0.4, 0.5) is 18.9 Å². The first-order valence-electron chi connectivity index (χ1n) is 4.61. The third-order valence-corrected chi connectivity index (χ3v) is 2.40. The first-order chi connectivity index (χ1) is 8.72. The molecule has 19 heavy (non-hydrogen) atoms. The van der Waals surface area contributed by atoms with E-state index in [-0.39, 0.29) is 0 Å². The Hall–Kier alpha value is -2.14. The topological polar surface area (TPSA) is 84.0 Å². The molecule has 0 bridgehead atoms. The number of nitrogens with zero attached hydrogens (tertiary/aromatic N) is 2. The predicted molar refractivity (Wildman–Crippen MR) is 57.9 cm³/mol. The minimum absolute atomic E-state index is 0.411. The Kier molecular flexibility index (Phi) is 4.11. The number of hydrogen-bond acceptors (Lipinski definition) is 4. The van der Waals surface area contributed by atoms with Gasteiger partial charge in [-0.2, -0.15) is 18.4 Å². The molecule has 1 rings (SSSR count). The number of rotatable bonds is 3. The minimum Gasteiger partial charge on any atom is -0.293 e. The molecule has 0 aromatic heterocycles. The number of nitriles is 1. The van der Waals surface area contributed by atoms with Gasteiger partial charge >= 0.3 is 6.18 Å². The van der Waals surface area contributed by atoms with Gasteiger partial charge in [-0.15, -0.1) is 11.6 Å². The molecule has 1 aromatic carbocycles. The van der Waals surface area contributed by atoms with Gasteiger partial charge in [0.15, 0.2) is 11.3 Å². The number of ketones is 1. The minimum atomic E-state index is -5.07. The summed E-state index contributed by atoms with van der Waals surface area (Å²) in [4.78, 5) is 20.6. The zero-order chi connectivity index (χ0) is 14.8. The lowest BCUT2D eigenvalue weighted by Gasteiger charge is -2.10. The van der Waals surface area contributed by atoms with E-state index in [0.29, 0.717) is 12.1 Å². The van der Waals surface area contributed by atoms with E-state index in [1.807, 2.05) is 0 Å². The largest absolute Gasteiger partial charge is 0.424 e. The van der Waals surface area contributed by atoms with Gasteiger partial charge in [0.1, 0.15) is 6.07 Å². The number of alkyl halides is 4. The molecule has 0 aliphatic rings. The van der Waals surface area contributed by atoms with E-state index in [1.165, 1.54) is 6.07 Å². The van der Waals surface area contributed by atoms with Crippen LogP contribution >= 0.6 is 11.6 Å². The van der Waals surface area contributed by atoms with Gasteiger partial charge in [-0.1, -0.05) is 0 Å². The van der Waals surface area contributed by atoms with Gasteiger partial charge < -0.3 is 0 Å². The van der Waals surface area contributed by atoms with Crippen LogP contribution in [0.5, 0.6) is 0 Å². The lowest BCUT2D eigenvalue weighted by molar-refractivity contribution is -0.388. The summed E-state index contributed by atoms with van der Waals surface area (Å²) in [5.74, 6) is -1.37. The van der Waals surface area contributed by atoms with Gasteiger partial charge in [-0.25, -0.2) is 0 Å². The van der Waals surface area contributed by atoms with Crippen LogP contribution in [0.3, 0.4) is 0 Å². The fourth-order valence-corrected chi connectivity index (χ4v) is 1.55. The molecule has 0 N–H and O–H groups in total. The van der Waals surface area contributed by atoms with Crippen molar-refractivity contribution in [1.29, 1.82) is 5.26 Å². The van der Waals surface area contributed by atoms with E-state index in [2.05, 4.69) is 0 Å². The lowest BCUT2D eigenvalue weighted by Crippen LogP contribution is -2.13. The van der Waals surface area contributed by atoms with Crippen molar-refractivity contribution in [2.24, 2.45) is 0 Å². The highest BCUT2D eigenvalue weighted by Gasteiger charge is 2.41. The Morgan fingerprint density at radius 2 is 2.05 bits per heavy atom. The van der Waals surface area contributed by atoms with Crippen molar-refractivity contribution >= 4 is 23.1 Å². The fraction of sp³-hybridized carbons (Fsp3) is 0.200. The summed E-state index contributed by atoms with van der Waals surface area (Å²) >= 11 is 5.22. The molecule has 1 aromatic rings. The van der Waals surface area contributed by atoms with E-state index >= 15 is 0 Å². The van der Waals surface area contributed by atoms with Gasteiger partial charge in [-0.05, 0) is 6.07 Å². The maximum atomic E-state index is 12.7. The number of nitro benzene ring substituents is 1. The Bertz CT molecular complexity index is 593. The summed E-state index contributed by atoms with van der Waals surface area (Å²) in [5.41, 5.74) is -4.42. The normalized spacial score (nSPS) is 10.9. The van der Waals surface area contributed by atoms with Gasteiger partial charge in [0.2, 0.25) is 0 Å². The average Bonchev–Trinajstić information content (AvgIpc) is 2.34. The Labute approximate surface area is 109 Å². The molecule has 5 nitrogen and oxygen atoms in total. The van der Waals surface area contributed by atoms with Gasteiger partial charge in [-0.3, -0.25) is 14.9 Å². The zero-order valence-corrected chi connectivity index (χ0v) is 9.75. The Morgan fingerprint density at radius 3 is 2.42 bits per heavy atom. The second kappa shape index (κ2) is 5.24. The van der Waals surface area contributed by atoms with Gasteiger partial charge in [0, 0.05) is 11.6 Å². The van der Waals surface area contributed by atoms with Crippen LogP contribution in [-0.4, -0.2) is 16.6 Å². The second-order valence-electron chi connectivity index (χ2n) is 3.34. The summed E-state index contributed by atoms with van der Waals surface area (Å²) < 4.78 is 38.1. The van der Waals surface area contributed by atoms with Crippen molar-refractivity contribution in [3.63, 3.8) is 0 Å². The smallest absolute Gasteiger partial charge is 0.293 e. The molecule has 9 heteroatoms. The predicted octanol–water partition coefficient (Wildman–Crippen LogP) is 2.91. The average molecular weight is 293 g/mol. The summed E-state index contributed by atoms with van der Waals surface area (Å²) in [6.07, 6.45) is -5.07. The summed E-state index contributed by atoms with van der Waals surface area (Å²) in [6.45, 7) is 0. The van der Waals surface area contributed by atoms with Crippen molar-refractivity contribution in [2.75, 3.05) is 5.88 Å². The second-order valence-corrected chi connectivity index (χ2v) is 3.61. The highest BCUT2D eigenvalue weighted by Crippen LogP contribution is 2.39. The van der Waals surface area contributed by atoms with E-state index in [1.54, 1.807) is 0 Å². The fourth-order valence-electron chi connectivity index (χ4n) is 1.40. The van der Waals surface area contributed by atoms with Crippen molar-refractivity contribution in [3.05, 3.63) is 38.9 Å². The van der Waals surface area contributed by atoms with E-state index in [9.17, 15) is 28.1 Å². The highest BCUT2D eigenvalue weighted by molar-refractivity contribution is 6.30. The molecule has 0 fully saturated rings. The highest BCUT2D eigenvalue weighted by atomic mass is 35.5. The Balaban J connectivity index is 3.70. The van der Waals surface area contributed by atoms with Crippen molar-refractivity contribution < 1.29 is 22.9 Å². The third-order valence-electron chi connectivity index (χ3n) is 2.16. The quantitative estimate of drug-likeness (QED) is 0.371. The lowest BCUT2D eigenvalue weighted by atomic mass is 10.00. The zero-order valence-electron chi connectivity index (χ0n) is 8.99. The van der Waals surface area contributed by atoms with Crippen LogP contribution in [0.1, 0.15) is 21.5 Å². The van der Waals surface area contributed by atoms with Crippen LogP contribution in [0.25, 0.3) is 0 Å². The molecule has 0 saturated carbocycles. The monoisotopic (exact) mass is 292 g/mol. The van der Waals surface area contributed by atoms with Crippen LogP contribution in [0.15, 0.2) is 12.1 Å². The number of nitro groups is 1. The molecule has 0 aliphatic heterocycles. The van der Waals surface area contributed by atoms with Gasteiger partial charge in [0.25, 0.3) is 5.69 Å². The van der Waals surface area contributed by atoms with Crippen LogP contribution in [-0.2, 0) is 6.18 Å². The van der Waals surface area contributed by atoms with Crippen LogP contribution < -0.4 is 0 Å². The third kappa shape index (κ3) is 3.00. The standard InChI is InChI=1S/C10H4ClF3N2O3/c11-3-8(17)5-1-6(4-15)9(10(12,13)14)7(2-5)16(18)19/h1-2H,3H2. The van der Waals surface area contributed by atoms with Crippen LogP contribution in [0.2, 0.25) is 0 Å². The number of benzene rings is 1. The van der Waals surface area contributed by atoms with Crippen molar-refractivity contribution in [3.8, 4) is 6.07 Å². The first-order valence-corrected chi connectivity index (χ1v) is 5.14. The molecule has 0 unspecified atom stereocenters. The Morgan fingerprint density at radius 1 is 1.47 bits per heavy atom. The molecular weight excluding hydrogens is 289 g/mol. The maximum absolute atomic E-state index is 12.7. The van der Waals surface area contributed by atoms with E-state index in [0.717, 1.165) is 0 Å². The van der Waals surface area contributed by atoms with Crippen molar-refractivity contribution in [1.82, 2.24) is 0 Å². The molecule has 0 aliphatic carbocycles. The SMILES string of the molecule is N#Cc1cc(C(=O)CCl)cc([N+](=O)[O-])c1C(F)(F)F. The number of carbonyl (C=O) groups excluding carboxylic acids is 1. The summed E-state index contributed by atoms with van der Waals surface area (Å²) in [7, 11) is 0. The molecular formula is C10H4ClF3N2O3. The number of hydrogen-bond donors (Lipinski definition) is 0. The molecule has 0 atom stereocenters. The number of carbonyl (C=O) groups is 1. The number of halogens is 4. The molecule has 0 spiro atoms. The van der Waals surface area contributed by atoms with Crippen molar-refractivity contribution in [2.45, 2.75) is 6.18 Å². The van der Waals surface area contributed by atoms with E-state index < -0.39 is 45.1 Å². The first kappa shape index (κ1) is 14.9. The maximum Gasteiger partial charge on any atom is 0.424 e. The molecule has 0 radical (unpaired) electrons. The van der Waals surface area contributed by atoms with Gasteiger partial charge in [0.05, 0.1) is 16.4 Å². The summed E-state index contributed by atoms with van der Waals surface area (Å²) in [5, 5.41) is 19.3. The molecule has 100 valence electrons. The summed E-state index contributed by atoms with van der Waals surface area (Å²) in [6, 6.07) is 2.30. The molecule has 0 saturated heterocycles. The van der Waals surface area contributed by atoms with E-state index in [4.69, 9.17) is 16.9 Å². The molecule has 0 amide bonds.